The molecule has 0 saturated heterocycles. The van der Waals surface area contributed by atoms with Crippen molar-refractivity contribution in [1.82, 2.24) is 14.5 Å². The highest BCUT2D eigenvalue weighted by molar-refractivity contribution is 6.08. The Morgan fingerprint density at radius 2 is 1.69 bits per heavy atom. The van der Waals surface area contributed by atoms with Crippen LogP contribution in [-0.4, -0.2) is 33.7 Å². The molecule has 8 heteroatoms. The monoisotopic (exact) mass is 471 g/mol. The topological polar surface area (TPSA) is 104 Å². The van der Waals surface area contributed by atoms with Crippen LogP contribution in [0.1, 0.15) is 20.8 Å². The molecule has 0 unspecified atom stereocenters. The van der Waals surface area contributed by atoms with Gasteiger partial charge in [0.25, 0.3) is 5.91 Å². The summed E-state index contributed by atoms with van der Waals surface area (Å²) in [6.45, 7) is 10.3. The lowest BCUT2D eigenvalue weighted by Gasteiger charge is -2.14. The standard InChI is InChI=1S/C27H29N5O3/c1-6-34-20-13-10-18(14-21(20)35-7-2)22-23-25(28)29-15-30-26(23)32(5)24(22)17-8-11-19(12-9-17)31-27(33)16(3)4/h8-15H,3,6-7H2,1-2,4-5H3,(H,31,33)(H2,28,29,30). The molecule has 4 aromatic rings. The molecule has 2 aromatic carbocycles. The molecular formula is C27H29N5O3. The van der Waals surface area contributed by atoms with Gasteiger partial charge in [-0.1, -0.05) is 24.8 Å². The summed E-state index contributed by atoms with van der Waals surface area (Å²) in [5.74, 6) is 1.51. The smallest absolute Gasteiger partial charge is 0.250 e. The Labute approximate surface area is 204 Å². The van der Waals surface area contributed by atoms with Gasteiger partial charge in [0.15, 0.2) is 11.5 Å². The lowest BCUT2D eigenvalue weighted by molar-refractivity contribution is -0.112. The van der Waals surface area contributed by atoms with E-state index in [-0.39, 0.29) is 5.91 Å². The molecule has 0 atom stereocenters. The van der Waals surface area contributed by atoms with Gasteiger partial charge in [0, 0.05) is 23.9 Å². The van der Waals surface area contributed by atoms with E-state index in [1.807, 2.05) is 67.9 Å². The van der Waals surface area contributed by atoms with Crippen molar-refractivity contribution in [3.05, 3.63) is 60.9 Å². The van der Waals surface area contributed by atoms with Crippen molar-refractivity contribution < 1.29 is 14.3 Å². The number of amides is 1. The Hall–Kier alpha value is -4.33. The van der Waals surface area contributed by atoms with E-state index >= 15 is 0 Å². The fourth-order valence-corrected chi connectivity index (χ4v) is 4.05. The second-order valence-electron chi connectivity index (χ2n) is 8.08. The average molecular weight is 472 g/mol. The van der Waals surface area contributed by atoms with E-state index in [4.69, 9.17) is 15.2 Å². The highest BCUT2D eigenvalue weighted by atomic mass is 16.5. The summed E-state index contributed by atoms with van der Waals surface area (Å²) >= 11 is 0. The van der Waals surface area contributed by atoms with Gasteiger partial charge in [-0.2, -0.15) is 0 Å². The zero-order valence-corrected chi connectivity index (χ0v) is 20.4. The number of anilines is 2. The molecule has 0 aliphatic rings. The fourth-order valence-electron chi connectivity index (χ4n) is 4.05. The predicted octanol–water partition coefficient (Wildman–Crippen LogP) is 5.20. The van der Waals surface area contributed by atoms with Crippen molar-refractivity contribution in [3.63, 3.8) is 0 Å². The zero-order chi connectivity index (χ0) is 25.1. The van der Waals surface area contributed by atoms with Crippen LogP contribution in [0.2, 0.25) is 0 Å². The van der Waals surface area contributed by atoms with Gasteiger partial charge in [-0.05, 0) is 56.2 Å². The first kappa shape index (κ1) is 23.8. The van der Waals surface area contributed by atoms with Gasteiger partial charge in [0.2, 0.25) is 0 Å². The normalized spacial score (nSPS) is 10.9. The molecule has 0 aliphatic carbocycles. The number of hydrogen-bond donors (Lipinski definition) is 2. The molecule has 180 valence electrons. The minimum Gasteiger partial charge on any atom is -0.490 e. The average Bonchev–Trinajstić information content (AvgIpc) is 3.14. The summed E-state index contributed by atoms with van der Waals surface area (Å²) in [5.41, 5.74) is 11.8. The van der Waals surface area contributed by atoms with E-state index < -0.39 is 0 Å². The van der Waals surface area contributed by atoms with Gasteiger partial charge in [-0.25, -0.2) is 9.97 Å². The van der Waals surface area contributed by atoms with E-state index in [2.05, 4.69) is 21.9 Å². The van der Waals surface area contributed by atoms with Gasteiger partial charge >= 0.3 is 0 Å². The first-order valence-electron chi connectivity index (χ1n) is 11.4. The van der Waals surface area contributed by atoms with E-state index in [1.54, 1.807) is 6.92 Å². The number of hydrogen-bond acceptors (Lipinski definition) is 6. The van der Waals surface area contributed by atoms with E-state index in [1.165, 1.54) is 6.33 Å². The second-order valence-corrected chi connectivity index (χ2v) is 8.08. The van der Waals surface area contributed by atoms with Crippen LogP contribution in [0.25, 0.3) is 33.4 Å². The van der Waals surface area contributed by atoms with Crippen LogP contribution in [0.4, 0.5) is 11.5 Å². The van der Waals surface area contributed by atoms with Crippen molar-refractivity contribution in [2.45, 2.75) is 20.8 Å². The maximum absolute atomic E-state index is 12.0. The van der Waals surface area contributed by atoms with Gasteiger partial charge in [0.1, 0.15) is 17.8 Å². The number of aromatic nitrogens is 3. The van der Waals surface area contributed by atoms with Crippen molar-refractivity contribution in [2.24, 2.45) is 7.05 Å². The lowest BCUT2D eigenvalue weighted by Crippen LogP contribution is -2.11. The number of nitrogens with one attached hydrogen (secondary N) is 1. The Bertz CT molecular complexity index is 1410. The number of fused-ring (bicyclic) bond motifs is 1. The van der Waals surface area contributed by atoms with E-state index in [0.717, 1.165) is 27.8 Å². The van der Waals surface area contributed by atoms with E-state index in [9.17, 15) is 4.79 Å². The Balaban J connectivity index is 1.91. The maximum atomic E-state index is 12.0. The van der Waals surface area contributed by atoms with Crippen LogP contribution < -0.4 is 20.5 Å². The molecule has 0 saturated carbocycles. The Morgan fingerprint density at radius 1 is 1.03 bits per heavy atom. The SMILES string of the molecule is C=C(C)C(=O)Nc1ccc(-c2c(-c3ccc(OCC)c(OCC)c3)c3c(N)ncnc3n2C)cc1. The third-order valence-electron chi connectivity index (χ3n) is 5.63. The largest absolute Gasteiger partial charge is 0.490 e. The van der Waals surface area contributed by atoms with Crippen LogP contribution in [0.5, 0.6) is 11.5 Å². The summed E-state index contributed by atoms with van der Waals surface area (Å²) in [5, 5.41) is 3.60. The maximum Gasteiger partial charge on any atom is 0.250 e. The number of carbonyl (C=O) groups is 1. The summed E-state index contributed by atoms with van der Waals surface area (Å²) in [6.07, 6.45) is 1.46. The molecular weight excluding hydrogens is 442 g/mol. The van der Waals surface area contributed by atoms with Crippen LogP contribution in [0, 0.1) is 0 Å². The molecule has 0 aliphatic heterocycles. The summed E-state index contributed by atoms with van der Waals surface area (Å²) in [6, 6.07) is 13.5. The summed E-state index contributed by atoms with van der Waals surface area (Å²) < 4.78 is 13.6. The minimum absolute atomic E-state index is 0.219. The highest BCUT2D eigenvalue weighted by Crippen LogP contribution is 2.44. The number of benzene rings is 2. The molecule has 0 spiro atoms. The van der Waals surface area contributed by atoms with Crippen molar-refractivity contribution in [2.75, 3.05) is 24.3 Å². The summed E-state index contributed by atoms with van der Waals surface area (Å²) in [4.78, 5) is 20.8. The zero-order valence-electron chi connectivity index (χ0n) is 20.4. The number of carbonyl (C=O) groups excluding carboxylic acids is 1. The van der Waals surface area contributed by atoms with Crippen LogP contribution in [0.3, 0.4) is 0 Å². The summed E-state index contributed by atoms with van der Waals surface area (Å²) in [7, 11) is 1.95. The number of nitrogen functional groups attached to an aromatic ring is 1. The molecule has 4 rings (SSSR count). The van der Waals surface area contributed by atoms with Gasteiger partial charge < -0.3 is 25.1 Å². The van der Waals surface area contributed by atoms with Gasteiger partial charge in [-0.3, -0.25) is 4.79 Å². The van der Waals surface area contributed by atoms with Crippen molar-refractivity contribution in [1.29, 1.82) is 0 Å². The Morgan fingerprint density at radius 3 is 2.34 bits per heavy atom. The van der Waals surface area contributed by atoms with E-state index in [0.29, 0.717) is 47.4 Å². The first-order chi connectivity index (χ1) is 16.8. The van der Waals surface area contributed by atoms with Gasteiger partial charge in [0.05, 0.1) is 24.3 Å². The molecule has 0 bridgehead atoms. The third-order valence-corrected chi connectivity index (χ3v) is 5.63. The van der Waals surface area contributed by atoms with Gasteiger partial charge in [-0.15, -0.1) is 0 Å². The first-order valence-corrected chi connectivity index (χ1v) is 11.4. The molecule has 3 N–H and O–H groups in total. The molecule has 35 heavy (non-hydrogen) atoms. The highest BCUT2D eigenvalue weighted by Gasteiger charge is 2.23. The predicted molar refractivity (Wildman–Crippen MR) is 140 cm³/mol. The second kappa shape index (κ2) is 9.89. The number of rotatable bonds is 8. The molecule has 0 radical (unpaired) electrons. The van der Waals surface area contributed by atoms with Crippen molar-refractivity contribution in [3.8, 4) is 33.9 Å². The molecule has 8 nitrogen and oxygen atoms in total. The quantitative estimate of drug-likeness (QED) is 0.343. The number of nitrogens with zero attached hydrogens (tertiary/aromatic N) is 3. The molecule has 2 aromatic heterocycles. The van der Waals surface area contributed by atoms with Crippen LogP contribution in [-0.2, 0) is 11.8 Å². The van der Waals surface area contributed by atoms with Crippen LogP contribution in [0.15, 0.2) is 60.9 Å². The molecule has 1 amide bonds. The third kappa shape index (κ3) is 4.55. The van der Waals surface area contributed by atoms with Crippen molar-refractivity contribution >= 4 is 28.4 Å². The Kier molecular flexibility index (Phi) is 6.73. The number of aryl methyl sites for hydroxylation is 1. The number of ether oxygens (including phenoxy) is 2. The van der Waals surface area contributed by atoms with Crippen LogP contribution >= 0.6 is 0 Å². The lowest BCUT2D eigenvalue weighted by atomic mass is 9.98. The minimum atomic E-state index is -0.219. The molecule has 0 fully saturated rings. The number of nitrogens with two attached hydrogens (primary N) is 1. The fraction of sp³-hybridized carbons (Fsp3) is 0.222. The molecule has 2 heterocycles.